The van der Waals surface area contributed by atoms with Gasteiger partial charge in [0, 0.05) is 0 Å². The summed E-state index contributed by atoms with van der Waals surface area (Å²) in [5.74, 6) is 0. The summed E-state index contributed by atoms with van der Waals surface area (Å²) >= 11 is 0. The normalized spacial score (nSPS) is 9.75. The molecular weight excluding hydrogens is 212 g/mol. The molecule has 0 rings (SSSR count). The van der Waals surface area contributed by atoms with Crippen molar-refractivity contribution in [1.29, 1.82) is 0 Å². The minimum atomic E-state index is -0.571. The molecule has 6 nitrogen and oxygen atoms in total. The summed E-state index contributed by atoms with van der Waals surface area (Å²) in [6, 6.07) is 0. The van der Waals surface area contributed by atoms with Gasteiger partial charge in [0.15, 0.2) is 0 Å². The largest absolute Gasteiger partial charge is 0.453 e. The molecule has 0 aliphatic heterocycles. The van der Waals surface area contributed by atoms with E-state index in [1.165, 1.54) is 14.2 Å². The second-order valence-corrected chi connectivity index (χ2v) is 3.32. The van der Waals surface area contributed by atoms with Crippen LogP contribution in [0.25, 0.3) is 0 Å². The second-order valence-electron chi connectivity index (χ2n) is 3.32. The van der Waals surface area contributed by atoms with Crippen molar-refractivity contribution < 1.29 is 19.1 Å². The first-order valence-corrected chi connectivity index (χ1v) is 5.33. The topological polar surface area (TPSA) is 76.7 Å². The average Bonchev–Trinajstić information content (AvgIpc) is 2.28. The lowest BCUT2D eigenvalue weighted by Gasteiger charge is -2.18. The van der Waals surface area contributed by atoms with Crippen LogP contribution in [0, 0.1) is 0 Å². The summed E-state index contributed by atoms with van der Waals surface area (Å²) in [5, 5.41) is 5.04. The Morgan fingerprint density at radius 1 is 1.06 bits per heavy atom. The number of unbranched alkanes of at least 4 members (excludes halogenated alkanes) is 2. The molecule has 0 heterocycles. The molecule has 0 aliphatic carbocycles. The van der Waals surface area contributed by atoms with E-state index in [0.717, 1.165) is 19.3 Å². The van der Waals surface area contributed by atoms with Gasteiger partial charge >= 0.3 is 12.2 Å². The Morgan fingerprint density at radius 2 is 1.56 bits per heavy atom. The fourth-order valence-corrected chi connectivity index (χ4v) is 1.18. The average molecular weight is 232 g/mol. The van der Waals surface area contributed by atoms with Crippen molar-refractivity contribution in [2.45, 2.75) is 38.8 Å². The molecule has 0 aromatic rings. The van der Waals surface area contributed by atoms with Gasteiger partial charge in [-0.2, -0.15) is 0 Å². The molecule has 2 N–H and O–H groups in total. The second kappa shape index (κ2) is 8.82. The van der Waals surface area contributed by atoms with Crippen LogP contribution in [0.1, 0.15) is 32.6 Å². The fourth-order valence-electron chi connectivity index (χ4n) is 1.18. The lowest BCUT2D eigenvalue weighted by molar-refractivity contribution is 0.151. The number of amides is 2. The van der Waals surface area contributed by atoms with Gasteiger partial charge in [-0.15, -0.1) is 0 Å². The van der Waals surface area contributed by atoms with E-state index in [2.05, 4.69) is 27.0 Å². The number of methoxy groups -OCH3 is 2. The van der Waals surface area contributed by atoms with Gasteiger partial charge in [-0.3, -0.25) is 0 Å². The van der Waals surface area contributed by atoms with Gasteiger partial charge in [0.1, 0.15) is 6.17 Å². The van der Waals surface area contributed by atoms with Crippen LogP contribution in [-0.4, -0.2) is 32.6 Å². The predicted molar refractivity (Wildman–Crippen MR) is 59.0 cm³/mol. The zero-order chi connectivity index (χ0) is 12.4. The highest BCUT2D eigenvalue weighted by atomic mass is 16.5. The first kappa shape index (κ1) is 14.5. The van der Waals surface area contributed by atoms with E-state index < -0.39 is 18.4 Å². The van der Waals surface area contributed by atoms with Crippen molar-refractivity contribution in [3.63, 3.8) is 0 Å². The number of rotatable bonds is 6. The molecule has 0 spiro atoms. The molecular formula is C10H20N2O4. The molecule has 0 saturated heterocycles. The van der Waals surface area contributed by atoms with Gasteiger partial charge in [-0.25, -0.2) is 9.59 Å². The van der Waals surface area contributed by atoms with Crippen LogP contribution in [0.5, 0.6) is 0 Å². The van der Waals surface area contributed by atoms with E-state index in [1.807, 2.05) is 0 Å². The first-order valence-electron chi connectivity index (χ1n) is 5.33. The minimum absolute atomic E-state index is 0.452. The summed E-state index contributed by atoms with van der Waals surface area (Å²) < 4.78 is 8.92. The molecule has 0 bridgehead atoms. The quantitative estimate of drug-likeness (QED) is 0.538. The standard InChI is InChI=1S/C10H20N2O4/c1-4-5-6-7-8(11-9(13)15-2)12-10(14)16-3/h8H,4-7H2,1-3H3,(H,11,13)(H,12,14). The Kier molecular flexibility index (Phi) is 8.01. The Hall–Kier alpha value is -1.46. The van der Waals surface area contributed by atoms with Crippen LogP contribution in [-0.2, 0) is 9.47 Å². The number of carbonyl (C=O) groups is 2. The molecule has 2 amide bonds. The molecule has 6 heteroatoms. The molecule has 0 fully saturated rings. The van der Waals surface area contributed by atoms with Crippen LogP contribution < -0.4 is 10.6 Å². The molecule has 0 aromatic heterocycles. The van der Waals surface area contributed by atoms with Crippen LogP contribution in [0.4, 0.5) is 9.59 Å². The molecule has 0 atom stereocenters. The van der Waals surface area contributed by atoms with E-state index in [9.17, 15) is 9.59 Å². The predicted octanol–water partition coefficient (Wildman–Crippen LogP) is 1.60. The third-order valence-corrected chi connectivity index (χ3v) is 2.05. The third-order valence-electron chi connectivity index (χ3n) is 2.05. The number of carbonyl (C=O) groups excluding carboxylic acids is 2. The highest BCUT2D eigenvalue weighted by molar-refractivity contribution is 5.70. The van der Waals surface area contributed by atoms with Crippen LogP contribution >= 0.6 is 0 Å². The molecule has 0 saturated carbocycles. The summed E-state index contributed by atoms with van der Waals surface area (Å²) in [6.07, 6.45) is 2.08. The SMILES string of the molecule is CCCCCC(NC(=O)OC)NC(=O)OC. The highest BCUT2D eigenvalue weighted by Crippen LogP contribution is 2.02. The van der Waals surface area contributed by atoms with Gasteiger partial charge in [0.25, 0.3) is 0 Å². The summed E-state index contributed by atoms with van der Waals surface area (Å²) in [7, 11) is 2.55. The van der Waals surface area contributed by atoms with Crippen LogP contribution in [0.2, 0.25) is 0 Å². The maximum atomic E-state index is 11.0. The third kappa shape index (κ3) is 6.92. The molecule has 94 valence electrons. The Balaban J connectivity index is 4.04. The van der Waals surface area contributed by atoms with Gasteiger partial charge < -0.3 is 20.1 Å². The van der Waals surface area contributed by atoms with Crippen molar-refractivity contribution in [3.05, 3.63) is 0 Å². The van der Waals surface area contributed by atoms with E-state index >= 15 is 0 Å². The lowest BCUT2D eigenvalue weighted by atomic mass is 10.2. The Morgan fingerprint density at radius 3 is 1.94 bits per heavy atom. The number of nitrogens with one attached hydrogen (secondary N) is 2. The van der Waals surface area contributed by atoms with E-state index in [0.29, 0.717) is 6.42 Å². The number of alkyl carbamates (subject to hydrolysis) is 2. The fraction of sp³-hybridized carbons (Fsp3) is 0.800. The van der Waals surface area contributed by atoms with Crippen molar-refractivity contribution >= 4 is 12.2 Å². The van der Waals surface area contributed by atoms with Crippen molar-refractivity contribution in [2.75, 3.05) is 14.2 Å². The van der Waals surface area contributed by atoms with Crippen molar-refractivity contribution in [3.8, 4) is 0 Å². The zero-order valence-electron chi connectivity index (χ0n) is 10.0. The lowest BCUT2D eigenvalue weighted by Crippen LogP contribution is -2.47. The van der Waals surface area contributed by atoms with E-state index in [4.69, 9.17) is 0 Å². The minimum Gasteiger partial charge on any atom is -0.453 e. The monoisotopic (exact) mass is 232 g/mol. The molecule has 0 unspecified atom stereocenters. The maximum Gasteiger partial charge on any atom is 0.408 e. The molecule has 0 aromatic carbocycles. The van der Waals surface area contributed by atoms with Gasteiger partial charge in [0.05, 0.1) is 14.2 Å². The number of ether oxygens (including phenoxy) is 2. The molecule has 0 radical (unpaired) electrons. The van der Waals surface area contributed by atoms with Crippen LogP contribution in [0.15, 0.2) is 0 Å². The van der Waals surface area contributed by atoms with Crippen molar-refractivity contribution in [2.24, 2.45) is 0 Å². The zero-order valence-corrected chi connectivity index (χ0v) is 10.0. The molecule has 0 aliphatic rings. The summed E-state index contributed by atoms with van der Waals surface area (Å²) in [4.78, 5) is 22.0. The molecule has 16 heavy (non-hydrogen) atoms. The van der Waals surface area contributed by atoms with E-state index in [1.54, 1.807) is 0 Å². The smallest absolute Gasteiger partial charge is 0.408 e. The number of hydrogen-bond donors (Lipinski definition) is 2. The first-order chi connectivity index (χ1) is 7.63. The van der Waals surface area contributed by atoms with Crippen LogP contribution in [0.3, 0.4) is 0 Å². The van der Waals surface area contributed by atoms with E-state index in [-0.39, 0.29) is 0 Å². The van der Waals surface area contributed by atoms with Gasteiger partial charge in [-0.1, -0.05) is 19.8 Å². The Labute approximate surface area is 95.7 Å². The maximum absolute atomic E-state index is 11.0. The van der Waals surface area contributed by atoms with Crippen molar-refractivity contribution in [1.82, 2.24) is 10.6 Å². The highest BCUT2D eigenvalue weighted by Gasteiger charge is 2.14. The Bertz CT molecular complexity index is 203. The summed E-state index contributed by atoms with van der Waals surface area (Å²) in [5.41, 5.74) is 0. The van der Waals surface area contributed by atoms with Gasteiger partial charge in [-0.05, 0) is 12.8 Å². The number of hydrogen-bond acceptors (Lipinski definition) is 4. The van der Waals surface area contributed by atoms with Gasteiger partial charge in [0.2, 0.25) is 0 Å². The summed E-state index contributed by atoms with van der Waals surface area (Å²) in [6.45, 7) is 2.08.